The molecule has 4 heteroatoms. The first-order valence-corrected chi connectivity index (χ1v) is 11.6. The molecular weight excluding hydrogens is 296 g/mol. The van der Waals surface area contributed by atoms with E-state index in [2.05, 4.69) is 67.0 Å². The van der Waals surface area contributed by atoms with Crippen molar-refractivity contribution in [3.8, 4) is 0 Å². The standard InChI is InChI=1S/C17H36O2SSi/c1-13(11-19-21(9,10)17(6,7)8)15(18)14(2)12-20-16(3,4)5/h12-13,15,18H,11H2,1-10H3/b14-12+/t13-,15+/m1/s1. The number of rotatable bonds is 6. The molecule has 1 N–H and O–H groups in total. The van der Waals surface area contributed by atoms with Gasteiger partial charge in [0.05, 0.1) is 6.10 Å². The topological polar surface area (TPSA) is 29.5 Å². The number of hydrogen-bond donors (Lipinski definition) is 1. The summed E-state index contributed by atoms with van der Waals surface area (Å²) in [6.07, 6.45) is -0.426. The molecule has 0 aromatic carbocycles. The Kier molecular flexibility index (Phi) is 7.75. The van der Waals surface area contributed by atoms with Crippen molar-refractivity contribution in [1.82, 2.24) is 0 Å². The van der Waals surface area contributed by atoms with E-state index in [0.717, 1.165) is 5.57 Å². The van der Waals surface area contributed by atoms with E-state index in [-0.39, 0.29) is 15.7 Å². The molecule has 0 amide bonds. The van der Waals surface area contributed by atoms with Crippen LogP contribution in [0.2, 0.25) is 18.1 Å². The van der Waals surface area contributed by atoms with Gasteiger partial charge >= 0.3 is 0 Å². The SMILES string of the molecule is C/C(=C\SC(C)(C)C)[C@@H](O)[C@H](C)CO[Si](C)(C)C(C)(C)C. The summed E-state index contributed by atoms with van der Waals surface area (Å²) in [4.78, 5) is 0. The van der Waals surface area contributed by atoms with Gasteiger partial charge in [0.15, 0.2) is 8.32 Å². The van der Waals surface area contributed by atoms with Crippen LogP contribution in [-0.2, 0) is 4.43 Å². The lowest BCUT2D eigenvalue weighted by atomic mass is 10.0. The lowest BCUT2D eigenvalue weighted by Gasteiger charge is -2.37. The molecule has 0 rings (SSSR count). The highest BCUT2D eigenvalue weighted by Crippen LogP contribution is 2.37. The van der Waals surface area contributed by atoms with Crippen LogP contribution in [0.1, 0.15) is 55.4 Å². The highest BCUT2D eigenvalue weighted by atomic mass is 32.2. The normalized spacial score (nSPS) is 17.8. The minimum atomic E-state index is -1.73. The predicted octanol–water partition coefficient (Wildman–Crippen LogP) is 5.44. The zero-order valence-electron chi connectivity index (χ0n) is 15.7. The van der Waals surface area contributed by atoms with Gasteiger partial charge < -0.3 is 9.53 Å². The average Bonchev–Trinajstić information content (AvgIpc) is 2.29. The van der Waals surface area contributed by atoms with Crippen molar-refractivity contribution in [2.24, 2.45) is 5.92 Å². The van der Waals surface area contributed by atoms with Gasteiger partial charge in [0.25, 0.3) is 0 Å². The number of aliphatic hydroxyl groups excluding tert-OH is 1. The molecule has 21 heavy (non-hydrogen) atoms. The molecule has 0 aliphatic heterocycles. The Bertz CT molecular complexity index is 351. The van der Waals surface area contributed by atoms with E-state index in [9.17, 15) is 5.11 Å². The second kappa shape index (κ2) is 7.67. The maximum absolute atomic E-state index is 10.4. The van der Waals surface area contributed by atoms with Gasteiger partial charge in [-0.1, -0.05) is 48.5 Å². The number of hydrogen-bond acceptors (Lipinski definition) is 3. The highest BCUT2D eigenvalue weighted by molar-refractivity contribution is 8.03. The molecule has 0 aliphatic carbocycles. The van der Waals surface area contributed by atoms with Crippen molar-refractivity contribution in [3.05, 3.63) is 11.0 Å². The van der Waals surface area contributed by atoms with Crippen LogP contribution in [0.4, 0.5) is 0 Å². The Hall–Kier alpha value is 0.227. The summed E-state index contributed by atoms with van der Waals surface area (Å²) in [6.45, 7) is 22.5. The molecule has 0 bridgehead atoms. The molecule has 0 aromatic heterocycles. The van der Waals surface area contributed by atoms with Crippen molar-refractivity contribution < 1.29 is 9.53 Å². The van der Waals surface area contributed by atoms with Crippen LogP contribution in [-0.4, -0.2) is 30.9 Å². The first-order valence-electron chi connectivity index (χ1n) is 7.84. The minimum absolute atomic E-state index is 0.121. The van der Waals surface area contributed by atoms with Gasteiger partial charge in [-0.15, -0.1) is 11.8 Å². The zero-order valence-corrected chi connectivity index (χ0v) is 17.5. The van der Waals surface area contributed by atoms with Crippen LogP contribution < -0.4 is 0 Å². The average molecular weight is 333 g/mol. The molecule has 0 aliphatic rings. The first-order chi connectivity index (χ1) is 9.17. The third kappa shape index (κ3) is 7.87. The Morgan fingerprint density at radius 1 is 1.19 bits per heavy atom. The molecule has 0 unspecified atom stereocenters. The van der Waals surface area contributed by atoms with Gasteiger partial charge in [-0.2, -0.15) is 0 Å². The molecule has 126 valence electrons. The molecule has 0 saturated heterocycles. The number of thioether (sulfide) groups is 1. The van der Waals surface area contributed by atoms with Crippen LogP contribution in [0.15, 0.2) is 11.0 Å². The molecule has 0 fully saturated rings. The molecule has 0 spiro atoms. The fraction of sp³-hybridized carbons (Fsp3) is 0.882. The Morgan fingerprint density at radius 2 is 1.67 bits per heavy atom. The van der Waals surface area contributed by atoms with Gasteiger partial charge in [-0.25, -0.2) is 0 Å². The van der Waals surface area contributed by atoms with Crippen molar-refractivity contribution in [3.63, 3.8) is 0 Å². The van der Waals surface area contributed by atoms with E-state index in [4.69, 9.17) is 4.43 Å². The van der Waals surface area contributed by atoms with E-state index < -0.39 is 14.4 Å². The van der Waals surface area contributed by atoms with Crippen LogP contribution >= 0.6 is 11.8 Å². The Labute approximate surface area is 137 Å². The molecule has 2 nitrogen and oxygen atoms in total. The molecule has 0 radical (unpaired) electrons. The third-order valence-corrected chi connectivity index (χ3v) is 9.81. The fourth-order valence-electron chi connectivity index (χ4n) is 1.44. The molecular formula is C17H36O2SSi. The maximum Gasteiger partial charge on any atom is 0.191 e. The smallest absolute Gasteiger partial charge is 0.191 e. The predicted molar refractivity (Wildman–Crippen MR) is 99.4 cm³/mol. The summed E-state index contributed by atoms with van der Waals surface area (Å²) in [6, 6.07) is 0. The van der Waals surface area contributed by atoms with Crippen LogP contribution in [0.3, 0.4) is 0 Å². The lowest BCUT2D eigenvalue weighted by molar-refractivity contribution is 0.107. The molecule has 0 aromatic rings. The molecule has 0 saturated carbocycles. The van der Waals surface area contributed by atoms with Gasteiger partial charge in [0.1, 0.15) is 0 Å². The largest absolute Gasteiger partial charge is 0.416 e. The van der Waals surface area contributed by atoms with E-state index in [0.29, 0.717) is 6.61 Å². The number of aliphatic hydroxyl groups is 1. The highest BCUT2D eigenvalue weighted by Gasteiger charge is 2.37. The molecule has 2 atom stereocenters. The fourth-order valence-corrected chi connectivity index (χ4v) is 3.23. The summed E-state index contributed by atoms with van der Waals surface area (Å²) < 4.78 is 6.40. The van der Waals surface area contributed by atoms with Gasteiger partial charge in [0.2, 0.25) is 0 Å². The quantitative estimate of drug-likeness (QED) is 0.657. The summed E-state index contributed by atoms with van der Waals surface area (Å²) in [7, 11) is -1.73. The van der Waals surface area contributed by atoms with Crippen LogP contribution in [0.25, 0.3) is 0 Å². The van der Waals surface area contributed by atoms with E-state index in [1.165, 1.54) is 0 Å². The zero-order chi connectivity index (χ0) is 17.1. The van der Waals surface area contributed by atoms with Crippen molar-refractivity contribution in [1.29, 1.82) is 0 Å². The Morgan fingerprint density at radius 3 is 2.05 bits per heavy atom. The van der Waals surface area contributed by atoms with Crippen LogP contribution in [0, 0.1) is 5.92 Å². The summed E-state index contributed by atoms with van der Waals surface area (Å²) in [5.41, 5.74) is 1.03. The summed E-state index contributed by atoms with van der Waals surface area (Å²) in [5.74, 6) is 0.121. The second-order valence-electron chi connectivity index (χ2n) is 8.59. The van der Waals surface area contributed by atoms with Gasteiger partial charge in [-0.3, -0.25) is 0 Å². The third-order valence-electron chi connectivity index (χ3n) is 4.12. The van der Waals surface area contributed by atoms with Crippen LogP contribution in [0.5, 0.6) is 0 Å². The van der Waals surface area contributed by atoms with Crippen molar-refractivity contribution in [2.45, 2.75) is 84.4 Å². The van der Waals surface area contributed by atoms with Gasteiger partial charge in [0, 0.05) is 17.3 Å². The van der Waals surface area contributed by atoms with E-state index in [1.807, 2.05) is 6.92 Å². The van der Waals surface area contributed by atoms with Crippen molar-refractivity contribution >= 4 is 20.1 Å². The Balaban J connectivity index is 4.56. The van der Waals surface area contributed by atoms with Gasteiger partial charge in [-0.05, 0) is 36.0 Å². The first kappa shape index (κ1) is 21.2. The monoisotopic (exact) mass is 332 g/mol. The summed E-state index contributed by atoms with van der Waals surface area (Å²) in [5, 5.41) is 12.7. The van der Waals surface area contributed by atoms with E-state index >= 15 is 0 Å². The minimum Gasteiger partial charge on any atom is -0.416 e. The lowest BCUT2D eigenvalue weighted by Crippen LogP contribution is -2.42. The second-order valence-corrected chi connectivity index (χ2v) is 15.1. The van der Waals surface area contributed by atoms with E-state index in [1.54, 1.807) is 11.8 Å². The molecule has 0 heterocycles. The summed E-state index contributed by atoms with van der Waals surface area (Å²) >= 11 is 1.76. The maximum atomic E-state index is 10.4. The van der Waals surface area contributed by atoms with Crippen molar-refractivity contribution in [2.75, 3.05) is 6.61 Å².